The van der Waals surface area contributed by atoms with E-state index in [1.54, 1.807) is 5.57 Å². The Kier molecular flexibility index (Phi) is 0.789. The van der Waals surface area contributed by atoms with Gasteiger partial charge in [0.25, 0.3) is 0 Å². The van der Waals surface area contributed by atoms with E-state index < -0.39 is 0 Å². The van der Waals surface area contributed by atoms with Crippen LogP contribution in [0.1, 0.15) is 12.8 Å². The van der Waals surface area contributed by atoms with Crippen molar-refractivity contribution in [3.05, 3.63) is 23.8 Å². The summed E-state index contributed by atoms with van der Waals surface area (Å²) in [4.78, 5) is 0. The number of epoxide rings is 1. The van der Waals surface area contributed by atoms with Crippen LogP contribution in [0, 0.1) is 5.92 Å². The molecule has 3 unspecified atom stereocenters. The molecule has 1 saturated carbocycles. The molecule has 2 aliphatic carbocycles. The van der Waals surface area contributed by atoms with Crippen molar-refractivity contribution >= 4 is 0 Å². The van der Waals surface area contributed by atoms with E-state index in [0.29, 0.717) is 12.2 Å². The van der Waals surface area contributed by atoms with Gasteiger partial charge in [-0.05, 0) is 24.3 Å². The highest BCUT2D eigenvalue weighted by molar-refractivity contribution is 5.33. The summed E-state index contributed by atoms with van der Waals surface area (Å²) in [6, 6.07) is 0. The van der Waals surface area contributed by atoms with E-state index >= 15 is 0 Å². The van der Waals surface area contributed by atoms with Crippen LogP contribution in [0.15, 0.2) is 23.8 Å². The van der Waals surface area contributed by atoms with Crippen molar-refractivity contribution in [3.8, 4) is 0 Å². The van der Waals surface area contributed by atoms with Crippen LogP contribution in [-0.4, -0.2) is 12.2 Å². The Labute approximate surface area is 60.4 Å². The fourth-order valence-electron chi connectivity index (χ4n) is 2.15. The smallest absolute Gasteiger partial charge is 0.106 e. The molecule has 3 rings (SSSR count). The van der Waals surface area contributed by atoms with Gasteiger partial charge in [-0.2, -0.15) is 0 Å². The first-order valence-corrected chi connectivity index (χ1v) is 3.97. The van der Waals surface area contributed by atoms with E-state index in [0.717, 1.165) is 5.92 Å². The molecule has 3 atom stereocenters. The lowest BCUT2D eigenvalue weighted by Gasteiger charge is -2.14. The van der Waals surface area contributed by atoms with Gasteiger partial charge < -0.3 is 4.74 Å². The molecule has 3 aliphatic rings. The molecular weight excluding hydrogens is 124 g/mol. The fraction of sp³-hybridized carbons (Fsp3) is 0.556. The zero-order chi connectivity index (χ0) is 6.55. The van der Waals surface area contributed by atoms with Gasteiger partial charge in [-0.25, -0.2) is 0 Å². The van der Waals surface area contributed by atoms with Crippen molar-refractivity contribution in [1.82, 2.24) is 0 Å². The lowest BCUT2D eigenvalue weighted by atomic mass is 9.94. The maximum absolute atomic E-state index is 5.42. The SMILES string of the molecule is C1=CCC2CC3OC3C2=C1. The molecule has 52 valence electrons. The molecule has 1 saturated heterocycles. The van der Waals surface area contributed by atoms with Gasteiger partial charge in [-0.1, -0.05) is 18.2 Å². The summed E-state index contributed by atoms with van der Waals surface area (Å²) in [6.07, 6.45) is 10.3. The molecule has 0 spiro atoms. The highest BCUT2D eigenvalue weighted by Gasteiger charge is 2.51. The standard InChI is InChI=1S/C9H10O/c1-2-4-7-6(3-1)5-8-9(7)10-8/h1-2,4,6,8-9H,3,5H2. The summed E-state index contributed by atoms with van der Waals surface area (Å²) in [5.41, 5.74) is 1.56. The Balaban J connectivity index is 2.00. The quantitative estimate of drug-likeness (QED) is 0.459. The molecule has 1 aliphatic heterocycles. The summed E-state index contributed by atoms with van der Waals surface area (Å²) < 4.78 is 5.42. The minimum atomic E-state index is 0.537. The predicted octanol–water partition coefficient (Wildman–Crippen LogP) is 1.66. The molecule has 0 aromatic heterocycles. The third-order valence-corrected chi connectivity index (χ3v) is 2.74. The predicted molar refractivity (Wildman–Crippen MR) is 38.6 cm³/mol. The first kappa shape index (κ1) is 5.14. The average molecular weight is 134 g/mol. The van der Waals surface area contributed by atoms with Gasteiger partial charge in [-0.3, -0.25) is 0 Å². The van der Waals surface area contributed by atoms with Crippen molar-refractivity contribution in [2.24, 2.45) is 5.92 Å². The van der Waals surface area contributed by atoms with Gasteiger partial charge in [0, 0.05) is 0 Å². The van der Waals surface area contributed by atoms with E-state index in [1.807, 2.05) is 0 Å². The van der Waals surface area contributed by atoms with Crippen LogP contribution in [-0.2, 0) is 4.74 Å². The molecule has 1 heterocycles. The molecule has 1 heteroatoms. The maximum Gasteiger partial charge on any atom is 0.106 e. The Morgan fingerprint density at radius 2 is 2.50 bits per heavy atom. The Hall–Kier alpha value is -0.560. The molecule has 0 N–H and O–H groups in total. The summed E-state index contributed by atoms with van der Waals surface area (Å²) in [7, 11) is 0. The fourth-order valence-corrected chi connectivity index (χ4v) is 2.15. The molecule has 1 nitrogen and oxygen atoms in total. The van der Waals surface area contributed by atoms with Crippen LogP contribution in [0.2, 0.25) is 0 Å². The zero-order valence-corrected chi connectivity index (χ0v) is 5.79. The maximum atomic E-state index is 5.42. The molecule has 0 radical (unpaired) electrons. The van der Waals surface area contributed by atoms with Gasteiger partial charge in [0.15, 0.2) is 0 Å². The lowest BCUT2D eigenvalue weighted by Crippen LogP contribution is -2.04. The summed E-state index contributed by atoms with van der Waals surface area (Å²) in [6.45, 7) is 0. The Morgan fingerprint density at radius 3 is 3.40 bits per heavy atom. The minimum absolute atomic E-state index is 0.537. The van der Waals surface area contributed by atoms with Crippen LogP contribution in [0.4, 0.5) is 0 Å². The van der Waals surface area contributed by atoms with Gasteiger partial charge in [0.2, 0.25) is 0 Å². The van der Waals surface area contributed by atoms with Crippen molar-refractivity contribution in [3.63, 3.8) is 0 Å². The number of allylic oxidation sites excluding steroid dienone is 3. The second-order valence-electron chi connectivity index (χ2n) is 3.36. The summed E-state index contributed by atoms with van der Waals surface area (Å²) in [5, 5.41) is 0. The van der Waals surface area contributed by atoms with Gasteiger partial charge >= 0.3 is 0 Å². The van der Waals surface area contributed by atoms with E-state index in [-0.39, 0.29) is 0 Å². The van der Waals surface area contributed by atoms with Gasteiger partial charge in [-0.15, -0.1) is 0 Å². The van der Waals surface area contributed by atoms with Crippen LogP contribution < -0.4 is 0 Å². The van der Waals surface area contributed by atoms with Crippen LogP contribution in [0.5, 0.6) is 0 Å². The normalized spacial score (nSPS) is 48.0. The lowest BCUT2D eigenvalue weighted by molar-refractivity contribution is 0.318. The number of hydrogen-bond donors (Lipinski definition) is 0. The summed E-state index contributed by atoms with van der Waals surface area (Å²) in [5.74, 6) is 0.841. The van der Waals surface area contributed by atoms with E-state index in [2.05, 4.69) is 18.2 Å². The van der Waals surface area contributed by atoms with Crippen molar-refractivity contribution in [2.75, 3.05) is 0 Å². The Morgan fingerprint density at radius 1 is 1.50 bits per heavy atom. The molecule has 10 heavy (non-hydrogen) atoms. The zero-order valence-electron chi connectivity index (χ0n) is 5.79. The first-order valence-electron chi connectivity index (χ1n) is 3.97. The third kappa shape index (κ3) is 0.517. The second-order valence-corrected chi connectivity index (χ2v) is 3.36. The van der Waals surface area contributed by atoms with Crippen molar-refractivity contribution in [1.29, 1.82) is 0 Å². The first-order chi connectivity index (χ1) is 4.95. The molecule has 0 aromatic carbocycles. The third-order valence-electron chi connectivity index (χ3n) is 2.74. The number of hydrogen-bond acceptors (Lipinski definition) is 1. The molecule has 0 bridgehead atoms. The van der Waals surface area contributed by atoms with E-state index in [4.69, 9.17) is 4.74 Å². The molecule has 2 fully saturated rings. The van der Waals surface area contributed by atoms with Crippen LogP contribution in [0.3, 0.4) is 0 Å². The largest absolute Gasteiger partial charge is 0.365 e. The monoisotopic (exact) mass is 134 g/mol. The van der Waals surface area contributed by atoms with E-state index in [1.165, 1.54) is 12.8 Å². The highest BCUT2D eigenvalue weighted by Crippen LogP contribution is 2.48. The molecule has 0 aromatic rings. The molecule has 0 amide bonds. The van der Waals surface area contributed by atoms with Crippen molar-refractivity contribution in [2.45, 2.75) is 25.0 Å². The Bertz CT molecular complexity index is 227. The molecular formula is C9H10O. The summed E-state index contributed by atoms with van der Waals surface area (Å²) >= 11 is 0. The van der Waals surface area contributed by atoms with Crippen LogP contribution >= 0.6 is 0 Å². The number of fused-ring (bicyclic) bond motifs is 3. The van der Waals surface area contributed by atoms with Gasteiger partial charge in [0.1, 0.15) is 6.10 Å². The number of ether oxygens (including phenoxy) is 1. The van der Waals surface area contributed by atoms with Gasteiger partial charge in [0.05, 0.1) is 6.10 Å². The van der Waals surface area contributed by atoms with Crippen molar-refractivity contribution < 1.29 is 4.74 Å². The van der Waals surface area contributed by atoms with E-state index in [9.17, 15) is 0 Å². The second kappa shape index (κ2) is 1.54. The highest BCUT2D eigenvalue weighted by atomic mass is 16.6. The topological polar surface area (TPSA) is 12.5 Å². The van der Waals surface area contributed by atoms with Crippen LogP contribution in [0.25, 0.3) is 0 Å². The minimum Gasteiger partial charge on any atom is -0.365 e. The average Bonchev–Trinajstić information content (AvgIpc) is 2.64. The number of rotatable bonds is 0.